The Bertz CT molecular complexity index is 842. The normalized spacial score (nSPS) is 20.2. The highest BCUT2D eigenvalue weighted by molar-refractivity contribution is 7.93. The number of para-hydroxylation sites is 1. The van der Waals surface area contributed by atoms with E-state index in [4.69, 9.17) is 14.7 Å². The van der Waals surface area contributed by atoms with Gasteiger partial charge in [-0.15, -0.1) is 0 Å². The number of nitrogens with one attached hydrogen (secondary N) is 1. The summed E-state index contributed by atoms with van der Waals surface area (Å²) in [5.41, 5.74) is 1.44. The average molecular weight is 363 g/mol. The molecule has 0 radical (unpaired) electrons. The van der Waals surface area contributed by atoms with Crippen molar-refractivity contribution in [3.63, 3.8) is 0 Å². The Morgan fingerprint density at radius 3 is 2.28 bits per heavy atom. The van der Waals surface area contributed by atoms with Crippen molar-refractivity contribution in [2.45, 2.75) is 16.1 Å². The summed E-state index contributed by atoms with van der Waals surface area (Å²) in [5.74, 6) is 0.0986. The third kappa shape index (κ3) is 3.11. The molecule has 1 fully saturated rings. The molecule has 1 heterocycles. The molecule has 0 aromatic heterocycles. The SMILES string of the molecule is O=C(NO)C1(S(=O)(=O)c2ccc(Oc3ccccc3)cc2)CCOC1. The number of carbonyl (C=O) groups is 1. The van der Waals surface area contributed by atoms with Crippen molar-refractivity contribution in [1.29, 1.82) is 0 Å². The first-order chi connectivity index (χ1) is 12.0. The maximum absolute atomic E-state index is 12.9. The maximum atomic E-state index is 12.9. The average Bonchev–Trinajstić information content (AvgIpc) is 3.14. The topological polar surface area (TPSA) is 102 Å². The van der Waals surface area contributed by atoms with E-state index in [9.17, 15) is 13.2 Å². The largest absolute Gasteiger partial charge is 0.457 e. The molecule has 1 amide bonds. The van der Waals surface area contributed by atoms with Gasteiger partial charge in [-0.1, -0.05) is 18.2 Å². The summed E-state index contributed by atoms with van der Waals surface area (Å²) in [7, 11) is -4.05. The number of hydroxylamine groups is 1. The van der Waals surface area contributed by atoms with Crippen LogP contribution in [-0.2, 0) is 19.4 Å². The first-order valence-electron chi connectivity index (χ1n) is 7.59. The number of benzene rings is 2. The maximum Gasteiger partial charge on any atom is 0.267 e. The zero-order chi connectivity index (χ0) is 17.9. The molecule has 2 aromatic rings. The Balaban J connectivity index is 1.89. The van der Waals surface area contributed by atoms with Gasteiger partial charge < -0.3 is 9.47 Å². The van der Waals surface area contributed by atoms with Gasteiger partial charge in [-0.25, -0.2) is 13.9 Å². The molecule has 0 bridgehead atoms. The Hall–Kier alpha value is -2.42. The van der Waals surface area contributed by atoms with Gasteiger partial charge in [-0.2, -0.15) is 0 Å². The molecule has 2 aromatic carbocycles. The van der Waals surface area contributed by atoms with Gasteiger partial charge in [0.15, 0.2) is 14.6 Å². The van der Waals surface area contributed by atoms with Crippen molar-refractivity contribution in [2.24, 2.45) is 0 Å². The van der Waals surface area contributed by atoms with E-state index in [2.05, 4.69) is 0 Å². The summed E-state index contributed by atoms with van der Waals surface area (Å²) >= 11 is 0. The summed E-state index contributed by atoms with van der Waals surface area (Å²) in [6.45, 7) is -0.175. The van der Waals surface area contributed by atoms with Gasteiger partial charge in [0.05, 0.1) is 11.5 Å². The van der Waals surface area contributed by atoms with E-state index >= 15 is 0 Å². The van der Waals surface area contributed by atoms with Crippen LogP contribution in [0, 0.1) is 0 Å². The van der Waals surface area contributed by atoms with Crippen LogP contribution in [0.1, 0.15) is 6.42 Å². The minimum absolute atomic E-state index is 0.0238. The standard InChI is InChI=1S/C17H17NO6S/c19-16(18-20)17(10-11-23-12-17)25(21,22)15-8-6-14(7-9-15)24-13-4-2-1-3-5-13/h1-9,20H,10-12H2,(H,18,19). The minimum Gasteiger partial charge on any atom is -0.457 e. The van der Waals surface area contributed by atoms with Crippen molar-refractivity contribution in [3.8, 4) is 11.5 Å². The number of ether oxygens (including phenoxy) is 2. The highest BCUT2D eigenvalue weighted by Crippen LogP contribution is 2.34. The third-order valence-electron chi connectivity index (χ3n) is 4.13. The monoisotopic (exact) mass is 363 g/mol. The van der Waals surface area contributed by atoms with Gasteiger partial charge >= 0.3 is 0 Å². The number of carbonyl (C=O) groups excluding carboxylic acids is 1. The summed E-state index contributed by atoms with van der Waals surface area (Å²) in [5, 5.41) is 8.94. The number of sulfone groups is 1. The summed E-state index contributed by atoms with van der Waals surface area (Å²) < 4.78 is 34.8. The molecule has 1 aliphatic heterocycles. The lowest BCUT2D eigenvalue weighted by molar-refractivity contribution is -0.131. The fraction of sp³-hybridized carbons (Fsp3) is 0.235. The number of rotatable bonds is 5. The van der Waals surface area contributed by atoms with Crippen molar-refractivity contribution in [1.82, 2.24) is 5.48 Å². The van der Waals surface area contributed by atoms with Crippen molar-refractivity contribution < 1.29 is 27.9 Å². The predicted molar refractivity (Wildman–Crippen MR) is 88.2 cm³/mol. The number of hydrogen-bond acceptors (Lipinski definition) is 6. The molecule has 1 atom stereocenters. The van der Waals surface area contributed by atoms with E-state index in [1.165, 1.54) is 29.7 Å². The van der Waals surface area contributed by atoms with Crippen LogP contribution in [0.2, 0.25) is 0 Å². The van der Waals surface area contributed by atoms with Crippen LogP contribution in [0.4, 0.5) is 0 Å². The molecular formula is C17H17NO6S. The second-order valence-electron chi connectivity index (χ2n) is 5.63. The van der Waals surface area contributed by atoms with Gasteiger partial charge in [-0.05, 0) is 36.4 Å². The summed E-state index contributed by atoms with van der Waals surface area (Å²) in [6.07, 6.45) is -0.0238. The molecule has 0 aliphatic carbocycles. The lowest BCUT2D eigenvalue weighted by atomic mass is 10.1. The lowest BCUT2D eigenvalue weighted by Crippen LogP contribution is -2.52. The van der Waals surface area contributed by atoms with E-state index in [1.807, 2.05) is 18.2 Å². The van der Waals surface area contributed by atoms with Gasteiger partial charge in [0.1, 0.15) is 11.5 Å². The second-order valence-corrected chi connectivity index (χ2v) is 7.89. The lowest BCUT2D eigenvalue weighted by Gasteiger charge is -2.24. The molecule has 3 rings (SSSR count). The molecule has 0 spiro atoms. The van der Waals surface area contributed by atoms with Crippen molar-refractivity contribution in [3.05, 3.63) is 54.6 Å². The first-order valence-corrected chi connectivity index (χ1v) is 9.08. The van der Waals surface area contributed by atoms with E-state index in [0.717, 1.165) is 0 Å². The van der Waals surface area contributed by atoms with Crippen LogP contribution < -0.4 is 10.2 Å². The van der Waals surface area contributed by atoms with Crippen LogP contribution in [0.5, 0.6) is 11.5 Å². The Morgan fingerprint density at radius 1 is 1.08 bits per heavy atom. The minimum atomic E-state index is -4.05. The third-order valence-corrected chi connectivity index (χ3v) is 6.56. The van der Waals surface area contributed by atoms with E-state index in [0.29, 0.717) is 11.5 Å². The fourth-order valence-corrected chi connectivity index (χ4v) is 4.52. The zero-order valence-electron chi connectivity index (χ0n) is 13.2. The second kappa shape index (κ2) is 6.83. The predicted octanol–water partition coefficient (Wildman–Crippen LogP) is 1.92. The molecule has 1 aliphatic rings. The van der Waals surface area contributed by atoms with E-state index < -0.39 is 20.5 Å². The van der Waals surface area contributed by atoms with Crippen LogP contribution in [-0.4, -0.2) is 37.5 Å². The smallest absolute Gasteiger partial charge is 0.267 e. The summed E-state index contributed by atoms with van der Waals surface area (Å²) in [4.78, 5) is 12.0. The van der Waals surface area contributed by atoms with Crippen molar-refractivity contribution in [2.75, 3.05) is 13.2 Å². The van der Waals surface area contributed by atoms with E-state index in [-0.39, 0.29) is 24.5 Å². The molecule has 25 heavy (non-hydrogen) atoms. The number of hydrogen-bond donors (Lipinski definition) is 2. The van der Waals surface area contributed by atoms with Gasteiger partial charge in [0.25, 0.3) is 5.91 Å². The van der Waals surface area contributed by atoms with Crippen LogP contribution in [0.3, 0.4) is 0 Å². The fourth-order valence-electron chi connectivity index (χ4n) is 2.70. The Labute approximate surface area is 145 Å². The highest BCUT2D eigenvalue weighted by atomic mass is 32.2. The molecule has 1 saturated heterocycles. The first kappa shape index (κ1) is 17.4. The number of amides is 1. The Kier molecular flexibility index (Phi) is 4.76. The van der Waals surface area contributed by atoms with Crippen LogP contribution in [0.25, 0.3) is 0 Å². The van der Waals surface area contributed by atoms with Gasteiger partial charge in [0, 0.05) is 13.0 Å². The Morgan fingerprint density at radius 2 is 1.72 bits per heavy atom. The van der Waals surface area contributed by atoms with E-state index in [1.54, 1.807) is 12.1 Å². The molecule has 132 valence electrons. The van der Waals surface area contributed by atoms with Crippen molar-refractivity contribution >= 4 is 15.7 Å². The van der Waals surface area contributed by atoms with Gasteiger partial charge in [-0.3, -0.25) is 10.0 Å². The quantitative estimate of drug-likeness (QED) is 0.622. The molecular weight excluding hydrogens is 346 g/mol. The highest BCUT2D eigenvalue weighted by Gasteiger charge is 2.54. The van der Waals surface area contributed by atoms with Crippen LogP contribution in [0.15, 0.2) is 59.5 Å². The molecule has 0 saturated carbocycles. The molecule has 1 unspecified atom stereocenters. The van der Waals surface area contributed by atoms with Gasteiger partial charge in [0.2, 0.25) is 0 Å². The zero-order valence-corrected chi connectivity index (χ0v) is 14.0. The summed E-state index contributed by atoms with van der Waals surface area (Å²) in [6, 6.07) is 14.8. The molecule has 7 nitrogen and oxygen atoms in total. The molecule has 8 heteroatoms. The molecule has 2 N–H and O–H groups in total. The van der Waals surface area contributed by atoms with Crippen LogP contribution >= 0.6 is 0 Å².